The van der Waals surface area contributed by atoms with Crippen molar-refractivity contribution in [3.05, 3.63) is 0 Å². The average molecular weight is 282 g/mol. The molecule has 1 aliphatic carbocycles. The van der Waals surface area contributed by atoms with Crippen LogP contribution < -0.4 is 5.32 Å². The third-order valence-electron chi connectivity index (χ3n) is 5.40. The molecule has 1 heterocycles. The predicted molar refractivity (Wildman–Crippen MR) is 85.1 cm³/mol. The topological polar surface area (TPSA) is 24.5 Å². The molecule has 2 aliphatic rings. The lowest BCUT2D eigenvalue weighted by atomic mass is 9.63. The van der Waals surface area contributed by atoms with Gasteiger partial charge >= 0.3 is 0 Å². The van der Waals surface area contributed by atoms with Crippen LogP contribution in [0.3, 0.4) is 0 Å². The summed E-state index contributed by atoms with van der Waals surface area (Å²) in [6, 6.07) is 0.717. The Morgan fingerprint density at radius 2 is 1.90 bits per heavy atom. The van der Waals surface area contributed by atoms with Crippen LogP contribution in [0.4, 0.5) is 0 Å². The summed E-state index contributed by atoms with van der Waals surface area (Å²) < 4.78 is 5.90. The lowest BCUT2D eigenvalue weighted by molar-refractivity contribution is -0.152. The van der Waals surface area contributed by atoms with E-state index in [-0.39, 0.29) is 0 Å². The van der Waals surface area contributed by atoms with Crippen LogP contribution in [0.15, 0.2) is 0 Å². The second kappa shape index (κ2) is 7.24. The Labute approximate surface area is 125 Å². The van der Waals surface area contributed by atoms with E-state index in [4.69, 9.17) is 4.74 Å². The van der Waals surface area contributed by atoms with Crippen molar-refractivity contribution in [2.24, 2.45) is 11.3 Å². The number of piperidine rings is 1. The van der Waals surface area contributed by atoms with Gasteiger partial charge in [0.05, 0.1) is 6.10 Å². The Balaban J connectivity index is 1.91. The highest BCUT2D eigenvalue weighted by molar-refractivity contribution is 5.04. The van der Waals surface area contributed by atoms with E-state index >= 15 is 0 Å². The minimum atomic E-state index is 0.318. The lowest BCUT2D eigenvalue weighted by Crippen LogP contribution is -2.63. The fraction of sp³-hybridized carbons (Fsp3) is 1.00. The van der Waals surface area contributed by atoms with Crippen LogP contribution in [0.5, 0.6) is 0 Å². The summed E-state index contributed by atoms with van der Waals surface area (Å²) in [5.74, 6) is 0.893. The molecule has 3 heteroatoms. The fourth-order valence-corrected chi connectivity index (χ4v) is 4.03. The maximum atomic E-state index is 5.90. The third-order valence-corrected chi connectivity index (χ3v) is 5.40. The van der Waals surface area contributed by atoms with E-state index in [0.29, 0.717) is 17.6 Å². The molecule has 2 rings (SSSR count). The van der Waals surface area contributed by atoms with Gasteiger partial charge in [-0.3, -0.25) is 4.90 Å². The van der Waals surface area contributed by atoms with Gasteiger partial charge in [0.15, 0.2) is 0 Å². The Hall–Kier alpha value is -0.120. The van der Waals surface area contributed by atoms with Gasteiger partial charge in [-0.05, 0) is 58.2 Å². The summed E-state index contributed by atoms with van der Waals surface area (Å²) in [5.41, 5.74) is 0.318. The molecule has 0 aromatic heterocycles. The van der Waals surface area contributed by atoms with Crippen LogP contribution in [0.2, 0.25) is 0 Å². The molecule has 2 atom stereocenters. The zero-order valence-electron chi connectivity index (χ0n) is 14.0. The molecular formula is C17H34N2O. The molecule has 0 spiro atoms. The first-order valence-corrected chi connectivity index (χ1v) is 8.65. The lowest BCUT2D eigenvalue weighted by Gasteiger charge is -2.56. The van der Waals surface area contributed by atoms with Gasteiger partial charge in [0.2, 0.25) is 0 Å². The second-order valence-electron chi connectivity index (χ2n) is 7.21. The number of ether oxygens (including phenoxy) is 1. The van der Waals surface area contributed by atoms with E-state index in [1.165, 1.54) is 51.9 Å². The van der Waals surface area contributed by atoms with E-state index in [9.17, 15) is 0 Å². The highest BCUT2D eigenvalue weighted by Crippen LogP contribution is 2.46. The third kappa shape index (κ3) is 3.55. The highest BCUT2D eigenvalue weighted by Gasteiger charge is 2.51. The predicted octanol–water partition coefficient (Wildman–Crippen LogP) is 2.90. The van der Waals surface area contributed by atoms with Gasteiger partial charge in [-0.15, -0.1) is 0 Å². The molecule has 0 aromatic rings. The van der Waals surface area contributed by atoms with Crippen molar-refractivity contribution in [2.75, 3.05) is 32.8 Å². The van der Waals surface area contributed by atoms with Crippen LogP contribution in [0.25, 0.3) is 0 Å². The summed E-state index contributed by atoms with van der Waals surface area (Å²) in [4.78, 5) is 2.77. The number of rotatable bonds is 7. The first kappa shape index (κ1) is 16.3. The van der Waals surface area contributed by atoms with Crippen molar-refractivity contribution in [1.29, 1.82) is 0 Å². The fourth-order valence-electron chi connectivity index (χ4n) is 4.03. The monoisotopic (exact) mass is 282 g/mol. The van der Waals surface area contributed by atoms with Crippen LogP contribution in [-0.2, 0) is 4.74 Å². The van der Waals surface area contributed by atoms with E-state index in [2.05, 4.69) is 37.9 Å². The summed E-state index contributed by atoms with van der Waals surface area (Å²) in [5, 5.41) is 3.48. The first-order chi connectivity index (χ1) is 9.59. The minimum absolute atomic E-state index is 0.318. The van der Waals surface area contributed by atoms with Crippen molar-refractivity contribution >= 4 is 0 Å². The zero-order valence-corrected chi connectivity index (χ0v) is 14.0. The number of hydrogen-bond acceptors (Lipinski definition) is 3. The van der Waals surface area contributed by atoms with Crippen molar-refractivity contribution < 1.29 is 4.74 Å². The van der Waals surface area contributed by atoms with Gasteiger partial charge in [0.1, 0.15) is 0 Å². The smallest absolute Gasteiger partial charge is 0.0655 e. The van der Waals surface area contributed by atoms with E-state index in [1.54, 1.807) is 0 Å². The van der Waals surface area contributed by atoms with Gasteiger partial charge in [0.25, 0.3) is 0 Å². The molecule has 1 saturated heterocycles. The van der Waals surface area contributed by atoms with Gasteiger partial charge in [-0.1, -0.05) is 20.8 Å². The number of hydrogen-bond donors (Lipinski definition) is 1. The van der Waals surface area contributed by atoms with Crippen LogP contribution in [0.1, 0.15) is 53.4 Å². The molecule has 0 amide bonds. The Morgan fingerprint density at radius 1 is 1.20 bits per heavy atom. The van der Waals surface area contributed by atoms with Crippen LogP contribution in [0, 0.1) is 11.3 Å². The number of nitrogens with zero attached hydrogens (tertiary/aromatic N) is 1. The molecule has 0 aromatic carbocycles. The first-order valence-electron chi connectivity index (χ1n) is 8.65. The molecular weight excluding hydrogens is 248 g/mol. The molecule has 3 nitrogen and oxygen atoms in total. The Morgan fingerprint density at radius 3 is 2.45 bits per heavy atom. The Bertz CT molecular complexity index is 287. The summed E-state index contributed by atoms with van der Waals surface area (Å²) in [6.07, 6.45) is 5.65. The molecule has 20 heavy (non-hydrogen) atoms. The van der Waals surface area contributed by atoms with E-state index in [1.807, 2.05) is 0 Å². The van der Waals surface area contributed by atoms with Crippen molar-refractivity contribution in [2.45, 2.75) is 65.5 Å². The van der Waals surface area contributed by atoms with Gasteiger partial charge in [-0.2, -0.15) is 0 Å². The SMILES string of the molecule is CCCN(CC1CCNCC1)C1CC(OCC)C1(C)C. The van der Waals surface area contributed by atoms with Gasteiger partial charge in [-0.25, -0.2) is 0 Å². The normalized spacial score (nSPS) is 30.4. The average Bonchev–Trinajstić information content (AvgIpc) is 2.44. The van der Waals surface area contributed by atoms with Crippen molar-refractivity contribution in [3.63, 3.8) is 0 Å². The van der Waals surface area contributed by atoms with E-state index in [0.717, 1.165) is 12.5 Å². The summed E-state index contributed by atoms with van der Waals surface area (Å²) in [6.45, 7) is 15.0. The van der Waals surface area contributed by atoms with Gasteiger partial charge in [0, 0.05) is 24.6 Å². The second-order valence-corrected chi connectivity index (χ2v) is 7.21. The molecule has 0 bridgehead atoms. The van der Waals surface area contributed by atoms with Crippen molar-refractivity contribution in [1.82, 2.24) is 10.2 Å². The maximum absolute atomic E-state index is 5.90. The molecule has 2 fully saturated rings. The van der Waals surface area contributed by atoms with Crippen molar-refractivity contribution in [3.8, 4) is 0 Å². The molecule has 2 unspecified atom stereocenters. The van der Waals surface area contributed by atoms with Gasteiger partial charge < -0.3 is 10.1 Å². The summed E-state index contributed by atoms with van der Waals surface area (Å²) in [7, 11) is 0. The molecule has 1 aliphatic heterocycles. The summed E-state index contributed by atoms with van der Waals surface area (Å²) >= 11 is 0. The highest BCUT2D eigenvalue weighted by atomic mass is 16.5. The van der Waals surface area contributed by atoms with E-state index < -0.39 is 0 Å². The number of nitrogens with one attached hydrogen (secondary N) is 1. The maximum Gasteiger partial charge on any atom is 0.0655 e. The molecule has 1 saturated carbocycles. The Kier molecular flexibility index (Phi) is 5.88. The molecule has 118 valence electrons. The largest absolute Gasteiger partial charge is 0.378 e. The zero-order chi connectivity index (χ0) is 14.6. The molecule has 0 radical (unpaired) electrons. The van der Waals surface area contributed by atoms with Crippen LogP contribution in [-0.4, -0.2) is 49.8 Å². The quantitative estimate of drug-likeness (QED) is 0.777. The standard InChI is InChI=1S/C17H34N2O/c1-5-11-19(13-14-7-9-18-10-8-14)15-12-16(20-6-2)17(15,3)4/h14-16,18H,5-13H2,1-4H3. The van der Waals surface area contributed by atoms with Crippen LogP contribution >= 0.6 is 0 Å². The minimum Gasteiger partial charge on any atom is -0.378 e. The molecule has 1 N–H and O–H groups in total.